The van der Waals surface area contributed by atoms with Crippen molar-refractivity contribution < 1.29 is 0 Å². The first kappa shape index (κ1) is 13.0. The number of pyridine rings is 1. The maximum Gasteiger partial charge on any atom is 0.0453 e. The number of aromatic nitrogens is 1. The molecular weight excluding hydrogens is 266 g/mol. The highest BCUT2D eigenvalue weighted by atomic mass is 14.7. The summed E-state index contributed by atoms with van der Waals surface area (Å²) in [6, 6.07) is 23.8. The summed E-state index contributed by atoms with van der Waals surface area (Å²) in [5.41, 5.74) is 3.72. The summed E-state index contributed by atoms with van der Waals surface area (Å²) in [4.78, 5) is 4.60. The Hall–Kier alpha value is -2.67. The average Bonchev–Trinajstić information content (AvgIpc) is 2.54. The van der Waals surface area contributed by atoms with Gasteiger partial charge in [-0.05, 0) is 34.7 Å². The van der Waals surface area contributed by atoms with Crippen LogP contribution in [0.25, 0.3) is 21.5 Å². The molecule has 1 nitrogen and oxygen atoms in total. The van der Waals surface area contributed by atoms with E-state index in [-0.39, 0.29) is 0 Å². The minimum Gasteiger partial charge on any atom is -0.260 e. The van der Waals surface area contributed by atoms with E-state index in [9.17, 15) is 0 Å². The molecule has 0 N–H and O–H groups in total. The molecule has 3 aromatic carbocycles. The van der Waals surface area contributed by atoms with Gasteiger partial charge >= 0.3 is 0 Å². The van der Waals surface area contributed by atoms with Gasteiger partial charge in [0.25, 0.3) is 0 Å². The van der Waals surface area contributed by atoms with Crippen molar-refractivity contribution in [2.45, 2.75) is 13.3 Å². The van der Waals surface area contributed by atoms with Crippen molar-refractivity contribution in [3.63, 3.8) is 0 Å². The zero-order valence-electron chi connectivity index (χ0n) is 12.6. The third-order valence-corrected chi connectivity index (χ3v) is 4.13. The highest BCUT2D eigenvalue weighted by Crippen LogP contribution is 2.20. The Morgan fingerprint density at radius 1 is 0.727 bits per heavy atom. The van der Waals surface area contributed by atoms with Gasteiger partial charge in [-0.15, -0.1) is 0 Å². The normalized spacial score (nSPS) is 11.1. The summed E-state index contributed by atoms with van der Waals surface area (Å²) in [5.74, 6) is 0. The van der Waals surface area contributed by atoms with E-state index in [0.717, 1.165) is 12.1 Å². The van der Waals surface area contributed by atoms with Crippen molar-refractivity contribution >= 4 is 21.5 Å². The fourth-order valence-electron chi connectivity index (χ4n) is 2.96. The van der Waals surface area contributed by atoms with Crippen LogP contribution in [0, 0.1) is 6.92 Å². The minimum atomic E-state index is 0.870. The Morgan fingerprint density at radius 2 is 1.55 bits per heavy atom. The Bertz CT molecular complexity index is 970. The molecule has 0 saturated heterocycles. The van der Waals surface area contributed by atoms with Crippen LogP contribution >= 0.6 is 0 Å². The molecule has 0 spiro atoms. The van der Waals surface area contributed by atoms with E-state index in [0.29, 0.717) is 0 Å². The standard InChI is InChI=1S/C21H17N/c1-15-6-8-17-9-7-16(11-20(17)10-15)12-21-13-18-4-2-3-5-19(18)14-22-21/h2-11,13-14H,12H2,1H3. The molecule has 0 fully saturated rings. The van der Waals surface area contributed by atoms with Gasteiger partial charge in [-0.1, -0.05) is 66.2 Å². The van der Waals surface area contributed by atoms with Gasteiger partial charge < -0.3 is 0 Å². The van der Waals surface area contributed by atoms with Crippen molar-refractivity contribution in [2.75, 3.05) is 0 Å². The molecule has 106 valence electrons. The van der Waals surface area contributed by atoms with E-state index >= 15 is 0 Å². The lowest BCUT2D eigenvalue weighted by molar-refractivity contribution is 1.09. The molecular formula is C21H17N. The van der Waals surface area contributed by atoms with Crippen molar-refractivity contribution in [3.05, 3.63) is 89.7 Å². The zero-order valence-corrected chi connectivity index (χ0v) is 12.6. The van der Waals surface area contributed by atoms with Crippen LogP contribution in [0.15, 0.2) is 72.9 Å². The second-order valence-corrected chi connectivity index (χ2v) is 5.88. The van der Waals surface area contributed by atoms with Crippen LogP contribution in [-0.4, -0.2) is 4.98 Å². The van der Waals surface area contributed by atoms with Gasteiger partial charge in [0.15, 0.2) is 0 Å². The van der Waals surface area contributed by atoms with Crippen molar-refractivity contribution in [1.29, 1.82) is 0 Å². The van der Waals surface area contributed by atoms with E-state index in [2.05, 4.69) is 78.6 Å². The summed E-state index contributed by atoms with van der Waals surface area (Å²) in [5, 5.41) is 5.05. The first-order chi connectivity index (χ1) is 10.8. The Morgan fingerprint density at radius 3 is 2.45 bits per heavy atom. The first-order valence-corrected chi connectivity index (χ1v) is 7.61. The molecule has 4 aromatic rings. The molecule has 0 aliphatic carbocycles. The predicted octanol–water partition coefficient (Wildman–Crippen LogP) is 5.29. The van der Waals surface area contributed by atoms with Crippen LogP contribution in [0.5, 0.6) is 0 Å². The monoisotopic (exact) mass is 283 g/mol. The molecule has 1 aromatic heterocycles. The zero-order chi connectivity index (χ0) is 14.9. The lowest BCUT2D eigenvalue weighted by Crippen LogP contribution is -1.92. The fourth-order valence-corrected chi connectivity index (χ4v) is 2.96. The van der Waals surface area contributed by atoms with Crippen molar-refractivity contribution in [2.24, 2.45) is 0 Å². The van der Waals surface area contributed by atoms with E-state index in [1.807, 2.05) is 6.20 Å². The number of nitrogens with zero attached hydrogens (tertiary/aromatic N) is 1. The molecule has 0 radical (unpaired) electrons. The lowest BCUT2D eigenvalue weighted by atomic mass is 10.0. The van der Waals surface area contributed by atoms with Crippen LogP contribution in [0.3, 0.4) is 0 Å². The fraction of sp³-hybridized carbons (Fsp3) is 0.0952. The molecule has 0 saturated carbocycles. The van der Waals surface area contributed by atoms with E-state index in [1.54, 1.807) is 0 Å². The van der Waals surface area contributed by atoms with Crippen LogP contribution < -0.4 is 0 Å². The second-order valence-electron chi connectivity index (χ2n) is 5.88. The molecule has 0 bridgehead atoms. The molecule has 0 unspecified atom stereocenters. The first-order valence-electron chi connectivity index (χ1n) is 7.61. The lowest BCUT2D eigenvalue weighted by Gasteiger charge is -2.06. The van der Waals surface area contributed by atoms with Crippen LogP contribution in [0.2, 0.25) is 0 Å². The summed E-state index contributed by atoms with van der Waals surface area (Å²) in [7, 11) is 0. The largest absolute Gasteiger partial charge is 0.260 e. The number of rotatable bonds is 2. The number of aryl methyl sites for hydroxylation is 1. The van der Waals surface area contributed by atoms with E-state index < -0.39 is 0 Å². The van der Waals surface area contributed by atoms with Crippen LogP contribution in [0.1, 0.15) is 16.8 Å². The predicted molar refractivity (Wildman–Crippen MR) is 93.2 cm³/mol. The maximum atomic E-state index is 4.60. The summed E-state index contributed by atoms with van der Waals surface area (Å²) in [6.07, 6.45) is 2.84. The van der Waals surface area contributed by atoms with Gasteiger partial charge in [-0.3, -0.25) is 4.98 Å². The number of hydrogen-bond acceptors (Lipinski definition) is 1. The highest BCUT2D eigenvalue weighted by molar-refractivity contribution is 5.84. The molecule has 0 aliphatic heterocycles. The van der Waals surface area contributed by atoms with Crippen molar-refractivity contribution in [1.82, 2.24) is 4.98 Å². The van der Waals surface area contributed by atoms with Gasteiger partial charge in [-0.25, -0.2) is 0 Å². The van der Waals surface area contributed by atoms with Gasteiger partial charge in [0.05, 0.1) is 0 Å². The maximum absolute atomic E-state index is 4.60. The molecule has 22 heavy (non-hydrogen) atoms. The Balaban J connectivity index is 1.72. The molecule has 0 atom stereocenters. The summed E-state index contributed by atoms with van der Waals surface area (Å²) in [6.45, 7) is 2.14. The van der Waals surface area contributed by atoms with Gasteiger partial charge in [0.1, 0.15) is 0 Å². The quantitative estimate of drug-likeness (QED) is 0.487. The van der Waals surface area contributed by atoms with Gasteiger partial charge in [-0.2, -0.15) is 0 Å². The molecule has 0 aliphatic rings. The summed E-state index contributed by atoms with van der Waals surface area (Å²) >= 11 is 0. The number of hydrogen-bond donors (Lipinski definition) is 0. The van der Waals surface area contributed by atoms with Crippen LogP contribution in [0.4, 0.5) is 0 Å². The summed E-state index contributed by atoms with van der Waals surface area (Å²) < 4.78 is 0. The molecule has 4 rings (SSSR count). The molecule has 0 amide bonds. The van der Waals surface area contributed by atoms with E-state index in [1.165, 1.54) is 32.7 Å². The second kappa shape index (κ2) is 5.27. The average molecular weight is 283 g/mol. The topological polar surface area (TPSA) is 12.9 Å². The number of benzene rings is 3. The minimum absolute atomic E-state index is 0.870. The van der Waals surface area contributed by atoms with Crippen molar-refractivity contribution in [3.8, 4) is 0 Å². The third-order valence-electron chi connectivity index (χ3n) is 4.13. The third kappa shape index (κ3) is 2.46. The van der Waals surface area contributed by atoms with Crippen LogP contribution in [-0.2, 0) is 6.42 Å². The Kier molecular flexibility index (Phi) is 3.12. The molecule has 1 heterocycles. The van der Waals surface area contributed by atoms with Gasteiger partial charge in [0, 0.05) is 23.7 Å². The molecule has 1 heteroatoms. The smallest absolute Gasteiger partial charge is 0.0453 e. The number of fused-ring (bicyclic) bond motifs is 2. The van der Waals surface area contributed by atoms with E-state index in [4.69, 9.17) is 0 Å². The van der Waals surface area contributed by atoms with Gasteiger partial charge in [0.2, 0.25) is 0 Å². The highest BCUT2D eigenvalue weighted by Gasteiger charge is 2.02. The SMILES string of the molecule is Cc1ccc2ccc(Cc3cc4ccccc4cn3)cc2c1. The Labute approximate surface area is 130 Å².